The molecule has 126 valence electrons. The number of carbonyl (C=O) groups is 2. The van der Waals surface area contributed by atoms with Crippen LogP contribution < -0.4 is 0 Å². The molecule has 0 saturated carbocycles. The topological polar surface area (TPSA) is 68.3 Å². The fraction of sp³-hybridized carbons (Fsp3) is 0.867. The van der Waals surface area contributed by atoms with E-state index < -0.39 is 0 Å². The van der Waals surface area contributed by atoms with Gasteiger partial charge in [0.05, 0.1) is 19.7 Å². The zero-order valence-corrected chi connectivity index (χ0v) is 13.7. The van der Waals surface area contributed by atoms with E-state index in [9.17, 15) is 9.59 Å². The van der Waals surface area contributed by atoms with Crippen molar-refractivity contribution in [2.24, 2.45) is 5.92 Å². The van der Waals surface area contributed by atoms with Gasteiger partial charge in [0.2, 0.25) is 11.8 Å². The molecule has 2 fully saturated rings. The van der Waals surface area contributed by atoms with Gasteiger partial charge in [0.25, 0.3) is 0 Å². The van der Waals surface area contributed by atoms with E-state index in [4.69, 9.17) is 14.2 Å². The van der Waals surface area contributed by atoms with Crippen molar-refractivity contribution in [3.8, 4) is 0 Å². The maximum atomic E-state index is 11.9. The highest BCUT2D eigenvalue weighted by Crippen LogP contribution is 2.40. The molecule has 2 aliphatic heterocycles. The molecule has 0 aromatic carbocycles. The van der Waals surface area contributed by atoms with Gasteiger partial charge in [-0.3, -0.25) is 9.59 Å². The Hall–Kier alpha value is -1.18. The number of nitrogens with zero attached hydrogens (tertiary/aromatic N) is 2. The molecule has 0 aromatic rings. The molecule has 0 N–H and O–H groups in total. The van der Waals surface area contributed by atoms with Crippen molar-refractivity contribution in [3.05, 3.63) is 0 Å². The number of likely N-dealkylation sites (N-methyl/N-ethyl adjacent to an activating group) is 1. The molecule has 1 spiro atoms. The van der Waals surface area contributed by atoms with Crippen LogP contribution in [0.4, 0.5) is 0 Å². The highest BCUT2D eigenvalue weighted by atomic mass is 16.5. The summed E-state index contributed by atoms with van der Waals surface area (Å²) >= 11 is 0. The summed E-state index contributed by atoms with van der Waals surface area (Å²) < 4.78 is 16.5. The second kappa shape index (κ2) is 7.39. The summed E-state index contributed by atoms with van der Waals surface area (Å²) in [5.41, 5.74) is -0.289. The third-order valence-corrected chi connectivity index (χ3v) is 4.34. The van der Waals surface area contributed by atoms with Gasteiger partial charge in [-0.2, -0.15) is 0 Å². The van der Waals surface area contributed by atoms with E-state index in [0.717, 1.165) is 6.42 Å². The highest BCUT2D eigenvalue weighted by molar-refractivity contribution is 5.78. The SMILES string of the molecule is CCOCC(=O)N1CC2(C1)OCC[C@@H]2COCC(=O)N(C)C. The Bertz CT molecular complexity index is 407. The largest absolute Gasteiger partial charge is 0.372 e. The molecule has 2 saturated heterocycles. The lowest BCUT2D eigenvalue weighted by Crippen LogP contribution is -2.67. The molecule has 2 aliphatic rings. The fourth-order valence-electron chi connectivity index (χ4n) is 2.84. The van der Waals surface area contributed by atoms with E-state index in [0.29, 0.717) is 32.9 Å². The Kier molecular flexibility index (Phi) is 5.77. The molecule has 0 radical (unpaired) electrons. The summed E-state index contributed by atoms with van der Waals surface area (Å²) in [5, 5.41) is 0. The third kappa shape index (κ3) is 3.77. The van der Waals surface area contributed by atoms with Gasteiger partial charge in [-0.05, 0) is 13.3 Å². The summed E-state index contributed by atoms with van der Waals surface area (Å²) in [4.78, 5) is 26.7. The number of likely N-dealkylation sites (tertiary alicyclic amines) is 1. The Labute approximate surface area is 131 Å². The predicted molar refractivity (Wildman–Crippen MR) is 79.4 cm³/mol. The predicted octanol–water partition coefficient (Wildman–Crippen LogP) is -0.255. The van der Waals surface area contributed by atoms with Gasteiger partial charge in [-0.15, -0.1) is 0 Å². The van der Waals surface area contributed by atoms with Crippen molar-refractivity contribution in [2.45, 2.75) is 18.9 Å². The van der Waals surface area contributed by atoms with Crippen LogP contribution in [0.15, 0.2) is 0 Å². The number of carbonyl (C=O) groups excluding carboxylic acids is 2. The van der Waals surface area contributed by atoms with Gasteiger partial charge in [-0.1, -0.05) is 0 Å². The van der Waals surface area contributed by atoms with Crippen LogP contribution in [0.2, 0.25) is 0 Å². The molecular formula is C15H26N2O5. The molecule has 22 heavy (non-hydrogen) atoms. The molecule has 2 heterocycles. The number of rotatable bonds is 7. The molecule has 0 bridgehead atoms. The van der Waals surface area contributed by atoms with Gasteiger partial charge in [-0.25, -0.2) is 0 Å². The maximum Gasteiger partial charge on any atom is 0.248 e. The summed E-state index contributed by atoms with van der Waals surface area (Å²) in [7, 11) is 3.42. The highest BCUT2D eigenvalue weighted by Gasteiger charge is 2.54. The van der Waals surface area contributed by atoms with Crippen molar-refractivity contribution in [1.29, 1.82) is 0 Å². The Morgan fingerprint density at radius 2 is 2.00 bits per heavy atom. The first-order chi connectivity index (χ1) is 10.5. The fourth-order valence-corrected chi connectivity index (χ4v) is 2.84. The van der Waals surface area contributed by atoms with Crippen molar-refractivity contribution < 1.29 is 23.8 Å². The van der Waals surface area contributed by atoms with Crippen LogP contribution in [-0.2, 0) is 23.8 Å². The first kappa shape index (κ1) is 17.2. The van der Waals surface area contributed by atoms with Crippen molar-refractivity contribution in [2.75, 3.05) is 60.2 Å². The summed E-state index contributed by atoms with van der Waals surface area (Å²) in [5.74, 6) is 0.194. The van der Waals surface area contributed by atoms with Crippen molar-refractivity contribution in [1.82, 2.24) is 9.80 Å². The molecule has 2 amide bonds. The Morgan fingerprint density at radius 3 is 2.64 bits per heavy atom. The van der Waals surface area contributed by atoms with Gasteiger partial charge >= 0.3 is 0 Å². The minimum absolute atomic E-state index is 0.00503. The number of hydrogen-bond acceptors (Lipinski definition) is 5. The smallest absolute Gasteiger partial charge is 0.248 e. The summed E-state index contributed by atoms with van der Waals surface area (Å²) in [6.45, 7) is 4.99. The van der Waals surface area contributed by atoms with E-state index in [-0.39, 0.29) is 36.5 Å². The van der Waals surface area contributed by atoms with Crippen LogP contribution in [0.5, 0.6) is 0 Å². The molecule has 1 atom stereocenters. The van der Waals surface area contributed by atoms with Crippen LogP contribution in [0.25, 0.3) is 0 Å². The van der Waals surface area contributed by atoms with Gasteiger partial charge in [0.15, 0.2) is 0 Å². The second-order valence-corrected chi connectivity index (χ2v) is 6.09. The van der Waals surface area contributed by atoms with Crippen LogP contribution in [-0.4, -0.2) is 87.4 Å². The second-order valence-electron chi connectivity index (χ2n) is 6.09. The zero-order valence-electron chi connectivity index (χ0n) is 13.7. The van der Waals surface area contributed by atoms with Crippen LogP contribution in [0.3, 0.4) is 0 Å². The van der Waals surface area contributed by atoms with E-state index >= 15 is 0 Å². The minimum Gasteiger partial charge on any atom is -0.372 e. The normalized spacial score (nSPS) is 22.7. The lowest BCUT2D eigenvalue weighted by Gasteiger charge is -2.50. The van der Waals surface area contributed by atoms with Crippen molar-refractivity contribution in [3.63, 3.8) is 0 Å². The zero-order chi connectivity index (χ0) is 16.2. The molecule has 7 heteroatoms. The average molecular weight is 314 g/mol. The standard InChI is InChI=1S/C15H26N2O5/c1-4-20-9-14(19)17-10-15(11-17)12(5-6-22-15)7-21-8-13(18)16(2)3/h12H,4-11H2,1-3H3/t12-/m1/s1. The van der Waals surface area contributed by atoms with Crippen LogP contribution in [0, 0.1) is 5.92 Å². The number of hydrogen-bond donors (Lipinski definition) is 0. The minimum atomic E-state index is -0.289. The molecule has 7 nitrogen and oxygen atoms in total. The molecule has 2 rings (SSSR count). The van der Waals surface area contributed by atoms with Gasteiger partial charge in [0.1, 0.15) is 18.8 Å². The molecule has 0 unspecified atom stereocenters. The van der Waals surface area contributed by atoms with E-state index in [1.165, 1.54) is 4.90 Å². The van der Waals surface area contributed by atoms with Crippen LogP contribution in [0.1, 0.15) is 13.3 Å². The van der Waals surface area contributed by atoms with E-state index in [1.807, 2.05) is 6.92 Å². The molecule has 0 aromatic heterocycles. The van der Waals surface area contributed by atoms with E-state index in [2.05, 4.69) is 0 Å². The number of ether oxygens (including phenoxy) is 3. The molecular weight excluding hydrogens is 288 g/mol. The summed E-state index contributed by atoms with van der Waals surface area (Å²) in [6.07, 6.45) is 0.906. The third-order valence-electron chi connectivity index (χ3n) is 4.34. The monoisotopic (exact) mass is 314 g/mol. The summed E-state index contributed by atoms with van der Waals surface area (Å²) in [6, 6.07) is 0. The van der Waals surface area contributed by atoms with Crippen LogP contribution >= 0.6 is 0 Å². The molecule has 0 aliphatic carbocycles. The lowest BCUT2D eigenvalue weighted by molar-refractivity contribution is -0.172. The Morgan fingerprint density at radius 1 is 1.27 bits per heavy atom. The lowest BCUT2D eigenvalue weighted by atomic mass is 9.81. The van der Waals surface area contributed by atoms with E-state index in [1.54, 1.807) is 19.0 Å². The van der Waals surface area contributed by atoms with Crippen molar-refractivity contribution >= 4 is 11.8 Å². The average Bonchev–Trinajstić information content (AvgIpc) is 2.86. The Balaban J connectivity index is 1.75. The maximum absolute atomic E-state index is 11.9. The number of amides is 2. The van der Waals surface area contributed by atoms with Gasteiger partial charge in [0, 0.05) is 33.2 Å². The van der Waals surface area contributed by atoms with Gasteiger partial charge < -0.3 is 24.0 Å². The quantitative estimate of drug-likeness (QED) is 0.648. The first-order valence-corrected chi connectivity index (χ1v) is 7.76. The first-order valence-electron chi connectivity index (χ1n) is 7.76.